The van der Waals surface area contributed by atoms with Crippen molar-refractivity contribution in [3.8, 4) is 0 Å². The molecule has 4 heteroatoms. The van der Waals surface area contributed by atoms with E-state index in [1.165, 1.54) is 12.1 Å². The van der Waals surface area contributed by atoms with Crippen LogP contribution in [-0.4, -0.2) is 54.8 Å². The second-order valence-electron chi connectivity index (χ2n) is 6.48. The largest absolute Gasteiger partial charge is 0.375 e. The van der Waals surface area contributed by atoms with E-state index in [1.54, 1.807) is 0 Å². The van der Waals surface area contributed by atoms with Crippen molar-refractivity contribution >= 4 is 0 Å². The van der Waals surface area contributed by atoms with Crippen LogP contribution in [-0.2, 0) is 11.2 Å². The molecule has 3 rings (SSSR count). The van der Waals surface area contributed by atoms with Crippen LogP contribution in [0.25, 0.3) is 0 Å². The molecule has 1 aromatic rings. The lowest BCUT2D eigenvalue weighted by Crippen LogP contribution is -2.52. The Labute approximate surface area is 127 Å². The first kappa shape index (κ1) is 14.9. The van der Waals surface area contributed by atoms with E-state index in [9.17, 15) is 0 Å². The van der Waals surface area contributed by atoms with Crippen molar-refractivity contribution in [2.75, 3.05) is 33.3 Å². The Balaban J connectivity index is 1.53. The fraction of sp³-hybridized carbons (Fsp3) is 0.706. The molecule has 1 aromatic heterocycles. The Morgan fingerprint density at radius 2 is 2.24 bits per heavy atom. The molecule has 3 heterocycles. The summed E-state index contributed by atoms with van der Waals surface area (Å²) < 4.78 is 6.17. The Hall–Kier alpha value is -0.970. The van der Waals surface area contributed by atoms with Gasteiger partial charge in [0.25, 0.3) is 0 Å². The molecule has 0 saturated carbocycles. The summed E-state index contributed by atoms with van der Waals surface area (Å²) in [5.41, 5.74) is 1.33. The first-order valence-corrected chi connectivity index (χ1v) is 8.22. The lowest BCUT2D eigenvalue weighted by Gasteiger charge is -2.46. The van der Waals surface area contributed by atoms with Gasteiger partial charge in [0, 0.05) is 37.5 Å². The van der Waals surface area contributed by atoms with Crippen molar-refractivity contribution in [2.24, 2.45) is 0 Å². The Morgan fingerprint density at radius 1 is 1.38 bits per heavy atom. The molecule has 21 heavy (non-hydrogen) atoms. The van der Waals surface area contributed by atoms with Crippen LogP contribution in [0.2, 0.25) is 0 Å². The van der Waals surface area contributed by atoms with Gasteiger partial charge in [0.2, 0.25) is 0 Å². The van der Waals surface area contributed by atoms with Crippen LogP contribution < -0.4 is 5.32 Å². The maximum atomic E-state index is 6.17. The molecule has 1 atom stereocenters. The van der Waals surface area contributed by atoms with Crippen LogP contribution in [0.4, 0.5) is 0 Å². The van der Waals surface area contributed by atoms with Crippen LogP contribution in [0.1, 0.15) is 31.4 Å². The second-order valence-corrected chi connectivity index (χ2v) is 6.48. The van der Waals surface area contributed by atoms with E-state index < -0.39 is 0 Å². The SMILES string of the molecule is CN(CCc1ccccn1)C1CCOC2(CCNCC2)C1. The van der Waals surface area contributed by atoms with Crippen molar-refractivity contribution in [1.82, 2.24) is 15.2 Å². The zero-order valence-electron chi connectivity index (χ0n) is 13.1. The molecule has 1 spiro atoms. The molecule has 0 aromatic carbocycles. The summed E-state index contributed by atoms with van der Waals surface area (Å²) in [6.07, 6.45) is 7.59. The number of piperidine rings is 1. The number of hydrogen-bond donors (Lipinski definition) is 1. The maximum absolute atomic E-state index is 6.17. The van der Waals surface area contributed by atoms with Gasteiger partial charge in [-0.2, -0.15) is 0 Å². The second kappa shape index (κ2) is 6.86. The number of likely N-dealkylation sites (N-methyl/N-ethyl adjacent to an activating group) is 1. The summed E-state index contributed by atoms with van der Waals surface area (Å²) in [4.78, 5) is 6.93. The number of aromatic nitrogens is 1. The fourth-order valence-corrected chi connectivity index (χ4v) is 3.63. The van der Waals surface area contributed by atoms with Crippen molar-refractivity contribution in [3.05, 3.63) is 30.1 Å². The molecule has 4 nitrogen and oxygen atoms in total. The zero-order valence-corrected chi connectivity index (χ0v) is 13.1. The molecule has 116 valence electrons. The molecule has 2 fully saturated rings. The number of hydrogen-bond acceptors (Lipinski definition) is 4. The fourth-order valence-electron chi connectivity index (χ4n) is 3.63. The molecule has 1 unspecified atom stereocenters. The third-order valence-corrected chi connectivity index (χ3v) is 5.05. The van der Waals surface area contributed by atoms with Gasteiger partial charge in [0.05, 0.1) is 5.60 Å². The van der Waals surface area contributed by atoms with Crippen molar-refractivity contribution in [1.29, 1.82) is 0 Å². The summed E-state index contributed by atoms with van der Waals surface area (Å²) in [6.45, 7) is 4.20. The Morgan fingerprint density at radius 3 is 3.00 bits per heavy atom. The highest BCUT2D eigenvalue weighted by molar-refractivity contribution is 5.04. The molecule has 0 radical (unpaired) electrons. The van der Waals surface area contributed by atoms with Crippen LogP contribution in [0.15, 0.2) is 24.4 Å². The minimum Gasteiger partial charge on any atom is -0.375 e. The maximum Gasteiger partial charge on any atom is 0.0721 e. The highest BCUT2D eigenvalue weighted by atomic mass is 16.5. The molecular weight excluding hydrogens is 262 g/mol. The quantitative estimate of drug-likeness (QED) is 0.918. The van der Waals surface area contributed by atoms with Crippen molar-refractivity contribution < 1.29 is 4.74 Å². The molecule has 0 bridgehead atoms. The summed E-state index contributed by atoms with van der Waals surface area (Å²) in [5.74, 6) is 0. The standard InChI is InChI=1S/C17H27N3O/c1-20(12-5-15-4-2-3-9-19-15)16-6-13-21-17(14-16)7-10-18-11-8-17/h2-4,9,16,18H,5-8,10-14H2,1H3. The number of pyridine rings is 1. The third kappa shape index (κ3) is 3.82. The van der Waals surface area contributed by atoms with E-state index in [2.05, 4.69) is 34.4 Å². The molecule has 1 N–H and O–H groups in total. The Kier molecular flexibility index (Phi) is 4.88. The molecule has 2 saturated heterocycles. The zero-order chi connectivity index (χ0) is 14.5. The van der Waals surface area contributed by atoms with Gasteiger partial charge in [0.1, 0.15) is 0 Å². The predicted octanol–water partition coefficient (Wildman–Crippen LogP) is 1.86. The summed E-state index contributed by atoms with van der Waals surface area (Å²) in [7, 11) is 2.26. The van der Waals surface area contributed by atoms with Gasteiger partial charge in [0.15, 0.2) is 0 Å². The highest BCUT2D eigenvalue weighted by Gasteiger charge is 2.39. The van der Waals surface area contributed by atoms with Gasteiger partial charge in [-0.15, -0.1) is 0 Å². The first-order chi connectivity index (χ1) is 10.3. The molecule has 2 aliphatic heterocycles. The van der Waals surface area contributed by atoms with Crippen LogP contribution in [0, 0.1) is 0 Å². The van der Waals surface area contributed by atoms with Gasteiger partial charge in [-0.3, -0.25) is 4.98 Å². The summed E-state index contributed by atoms with van der Waals surface area (Å²) in [6, 6.07) is 6.82. The average Bonchev–Trinajstić information content (AvgIpc) is 2.54. The van der Waals surface area contributed by atoms with Gasteiger partial charge in [-0.1, -0.05) is 6.07 Å². The summed E-state index contributed by atoms with van der Waals surface area (Å²) in [5, 5.41) is 3.45. The normalized spacial score (nSPS) is 25.3. The van der Waals surface area contributed by atoms with Gasteiger partial charge >= 0.3 is 0 Å². The van der Waals surface area contributed by atoms with E-state index in [0.717, 1.165) is 51.9 Å². The van der Waals surface area contributed by atoms with E-state index in [1.807, 2.05) is 12.3 Å². The lowest BCUT2D eigenvalue weighted by atomic mass is 9.82. The predicted molar refractivity (Wildman–Crippen MR) is 84.4 cm³/mol. The monoisotopic (exact) mass is 289 g/mol. The van der Waals surface area contributed by atoms with Crippen molar-refractivity contribution in [2.45, 2.75) is 43.7 Å². The molecule has 2 aliphatic rings. The van der Waals surface area contributed by atoms with Crippen LogP contribution >= 0.6 is 0 Å². The van der Waals surface area contributed by atoms with Crippen LogP contribution in [0.5, 0.6) is 0 Å². The minimum atomic E-state index is 0.146. The van der Waals surface area contributed by atoms with Crippen LogP contribution in [0.3, 0.4) is 0 Å². The summed E-state index contributed by atoms with van der Waals surface area (Å²) >= 11 is 0. The van der Waals surface area contributed by atoms with Gasteiger partial charge < -0.3 is 15.0 Å². The van der Waals surface area contributed by atoms with E-state index >= 15 is 0 Å². The molecule has 0 amide bonds. The number of rotatable bonds is 4. The topological polar surface area (TPSA) is 37.4 Å². The third-order valence-electron chi connectivity index (χ3n) is 5.05. The van der Waals surface area contributed by atoms with Crippen molar-refractivity contribution in [3.63, 3.8) is 0 Å². The Bertz CT molecular complexity index is 425. The molecular formula is C17H27N3O. The minimum absolute atomic E-state index is 0.146. The van der Waals surface area contributed by atoms with Gasteiger partial charge in [-0.05, 0) is 58.0 Å². The lowest BCUT2D eigenvalue weighted by molar-refractivity contribution is -0.118. The number of ether oxygens (including phenoxy) is 1. The van der Waals surface area contributed by atoms with E-state index in [-0.39, 0.29) is 5.60 Å². The highest BCUT2D eigenvalue weighted by Crippen LogP contribution is 2.34. The van der Waals surface area contributed by atoms with E-state index in [0.29, 0.717) is 6.04 Å². The number of nitrogens with zero attached hydrogens (tertiary/aromatic N) is 2. The van der Waals surface area contributed by atoms with Gasteiger partial charge in [-0.25, -0.2) is 0 Å². The average molecular weight is 289 g/mol. The first-order valence-electron chi connectivity index (χ1n) is 8.22. The van der Waals surface area contributed by atoms with E-state index in [4.69, 9.17) is 4.74 Å². The number of nitrogens with one attached hydrogen (secondary N) is 1. The molecule has 0 aliphatic carbocycles. The smallest absolute Gasteiger partial charge is 0.0721 e.